The van der Waals surface area contributed by atoms with Crippen LogP contribution in [0.3, 0.4) is 0 Å². The normalized spacial score (nSPS) is 12.0. The highest BCUT2D eigenvalue weighted by Gasteiger charge is 2.20. The maximum atomic E-state index is 12.3. The van der Waals surface area contributed by atoms with Crippen molar-refractivity contribution >= 4 is 11.6 Å². The zero-order chi connectivity index (χ0) is 15.8. The largest absolute Gasteiger partial charge is 0.396 e. The van der Waals surface area contributed by atoms with Crippen molar-refractivity contribution in [3.8, 4) is 0 Å². The first-order valence-electron chi connectivity index (χ1n) is 7.07. The smallest absolute Gasteiger partial charge is 0.269 e. The third-order valence-corrected chi connectivity index (χ3v) is 3.48. The number of carbonyl (C=O) groups is 1. The molecular weight excluding hydrogens is 272 g/mol. The SMILES string of the molecule is CC(C(=O)N(C)CCCCCO)c1cccc([N+](=O)[O-])c1. The van der Waals surface area contributed by atoms with E-state index in [2.05, 4.69) is 0 Å². The summed E-state index contributed by atoms with van der Waals surface area (Å²) in [6, 6.07) is 6.19. The van der Waals surface area contributed by atoms with Crippen LogP contribution >= 0.6 is 0 Å². The fraction of sp³-hybridized carbons (Fsp3) is 0.533. The van der Waals surface area contributed by atoms with Crippen LogP contribution < -0.4 is 0 Å². The number of nitro benzene ring substituents is 1. The second kappa shape index (κ2) is 8.36. The fourth-order valence-corrected chi connectivity index (χ4v) is 2.13. The Kier molecular flexibility index (Phi) is 6.81. The quantitative estimate of drug-likeness (QED) is 0.453. The van der Waals surface area contributed by atoms with Gasteiger partial charge in [-0.2, -0.15) is 0 Å². The molecule has 0 aliphatic rings. The van der Waals surface area contributed by atoms with Gasteiger partial charge in [-0.1, -0.05) is 12.1 Å². The molecule has 1 rings (SSSR count). The van der Waals surface area contributed by atoms with Gasteiger partial charge in [0, 0.05) is 32.3 Å². The molecule has 0 bridgehead atoms. The summed E-state index contributed by atoms with van der Waals surface area (Å²) < 4.78 is 0. The average Bonchev–Trinajstić information content (AvgIpc) is 2.50. The maximum Gasteiger partial charge on any atom is 0.269 e. The molecule has 0 radical (unpaired) electrons. The summed E-state index contributed by atoms with van der Waals surface area (Å²) in [5.41, 5.74) is 0.647. The molecule has 0 fully saturated rings. The Labute approximate surface area is 124 Å². The van der Waals surface area contributed by atoms with Crippen LogP contribution in [0.5, 0.6) is 0 Å². The van der Waals surface area contributed by atoms with Gasteiger partial charge in [0.2, 0.25) is 5.91 Å². The van der Waals surface area contributed by atoms with Crippen LogP contribution in [0.2, 0.25) is 0 Å². The molecule has 1 atom stereocenters. The molecule has 1 N–H and O–H groups in total. The van der Waals surface area contributed by atoms with Crippen molar-refractivity contribution in [2.75, 3.05) is 20.2 Å². The minimum Gasteiger partial charge on any atom is -0.396 e. The van der Waals surface area contributed by atoms with Crippen LogP contribution in [-0.2, 0) is 4.79 Å². The molecule has 0 heterocycles. The van der Waals surface area contributed by atoms with E-state index < -0.39 is 10.8 Å². The van der Waals surface area contributed by atoms with E-state index in [1.807, 2.05) is 0 Å². The number of aliphatic hydroxyl groups is 1. The highest BCUT2D eigenvalue weighted by molar-refractivity contribution is 5.83. The summed E-state index contributed by atoms with van der Waals surface area (Å²) in [6.07, 6.45) is 2.45. The molecule has 1 aromatic carbocycles. The number of likely N-dealkylation sites (N-methyl/N-ethyl adjacent to an activating group) is 1. The molecule has 116 valence electrons. The second-order valence-corrected chi connectivity index (χ2v) is 5.12. The first-order chi connectivity index (χ1) is 9.97. The molecule has 0 spiro atoms. The predicted octanol–water partition coefficient (Wildman–Crippen LogP) is 2.32. The number of hydrogen-bond acceptors (Lipinski definition) is 4. The molecule has 6 nitrogen and oxygen atoms in total. The highest BCUT2D eigenvalue weighted by atomic mass is 16.6. The standard InChI is InChI=1S/C15H22N2O4/c1-12(13-7-6-8-14(11-13)17(20)21)15(19)16(2)9-4-3-5-10-18/h6-8,11-12,18H,3-5,9-10H2,1-2H3. The third-order valence-electron chi connectivity index (χ3n) is 3.48. The van der Waals surface area contributed by atoms with Crippen molar-refractivity contribution in [3.05, 3.63) is 39.9 Å². The first kappa shape index (κ1) is 17.1. The molecule has 21 heavy (non-hydrogen) atoms. The molecule has 0 aromatic heterocycles. The van der Waals surface area contributed by atoms with E-state index in [1.54, 1.807) is 31.0 Å². The number of rotatable bonds is 8. The van der Waals surface area contributed by atoms with Crippen molar-refractivity contribution in [3.63, 3.8) is 0 Å². The van der Waals surface area contributed by atoms with Crippen molar-refractivity contribution in [1.82, 2.24) is 4.90 Å². The summed E-state index contributed by atoms with van der Waals surface area (Å²) in [6.45, 7) is 2.55. The van der Waals surface area contributed by atoms with Gasteiger partial charge in [-0.3, -0.25) is 14.9 Å². The van der Waals surface area contributed by atoms with Crippen molar-refractivity contribution in [2.45, 2.75) is 32.1 Å². The van der Waals surface area contributed by atoms with Crippen LogP contribution in [-0.4, -0.2) is 41.0 Å². The summed E-state index contributed by atoms with van der Waals surface area (Å²) in [4.78, 5) is 24.2. The Bertz CT molecular complexity index is 490. The molecule has 0 saturated carbocycles. The topological polar surface area (TPSA) is 83.7 Å². The lowest BCUT2D eigenvalue weighted by Crippen LogP contribution is -2.31. The second-order valence-electron chi connectivity index (χ2n) is 5.12. The lowest BCUT2D eigenvalue weighted by atomic mass is 9.99. The number of unbranched alkanes of at least 4 members (excludes halogenated alkanes) is 2. The van der Waals surface area contributed by atoms with E-state index in [1.165, 1.54) is 12.1 Å². The van der Waals surface area contributed by atoms with Crippen LogP contribution in [0.4, 0.5) is 5.69 Å². The van der Waals surface area contributed by atoms with E-state index in [4.69, 9.17) is 5.11 Å². The number of aliphatic hydroxyl groups excluding tert-OH is 1. The minimum atomic E-state index is -0.459. The maximum absolute atomic E-state index is 12.3. The van der Waals surface area contributed by atoms with E-state index in [0.29, 0.717) is 12.1 Å². The van der Waals surface area contributed by atoms with E-state index >= 15 is 0 Å². The predicted molar refractivity (Wildman–Crippen MR) is 80.1 cm³/mol. The number of hydrogen-bond donors (Lipinski definition) is 1. The number of non-ortho nitro benzene ring substituents is 1. The van der Waals surface area contributed by atoms with Crippen molar-refractivity contribution in [2.24, 2.45) is 0 Å². The molecule has 6 heteroatoms. The average molecular weight is 294 g/mol. The van der Waals surface area contributed by atoms with Crippen LogP contribution in [0.15, 0.2) is 24.3 Å². The van der Waals surface area contributed by atoms with Crippen LogP contribution in [0.1, 0.15) is 37.7 Å². The fourth-order valence-electron chi connectivity index (χ4n) is 2.13. The molecule has 1 aromatic rings. The third kappa shape index (κ3) is 5.15. The Morgan fingerprint density at radius 1 is 1.38 bits per heavy atom. The molecule has 0 aliphatic carbocycles. The lowest BCUT2D eigenvalue weighted by molar-refractivity contribution is -0.384. The number of nitro groups is 1. The molecule has 1 unspecified atom stereocenters. The number of amides is 1. The summed E-state index contributed by atoms with van der Waals surface area (Å²) >= 11 is 0. The highest BCUT2D eigenvalue weighted by Crippen LogP contribution is 2.22. The minimum absolute atomic E-state index is 0.00208. The number of carbonyl (C=O) groups excluding carboxylic acids is 1. The van der Waals surface area contributed by atoms with Gasteiger partial charge in [-0.05, 0) is 31.7 Å². The van der Waals surface area contributed by atoms with Gasteiger partial charge in [0.25, 0.3) is 5.69 Å². The van der Waals surface area contributed by atoms with Crippen LogP contribution in [0, 0.1) is 10.1 Å². The first-order valence-corrected chi connectivity index (χ1v) is 7.07. The monoisotopic (exact) mass is 294 g/mol. The van der Waals surface area contributed by atoms with Gasteiger partial charge in [0.05, 0.1) is 10.8 Å². The molecule has 0 saturated heterocycles. The van der Waals surface area contributed by atoms with E-state index in [-0.39, 0.29) is 18.2 Å². The zero-order valence-corrected chi connectivity index (χ0v) is 12.5. The molecule has 1 amide bonds. The van der Waals surface area contributed by atoms with Gasteiger partial charge < -0.3 is 10.0 Å². The van der Waals surface area contributed by atoms with Gasteiger partial charge in [0.1, 0.15) is 0 Å². The Balaban J connectivity index is 2.64. The van der Waals surface area contributed by atoms with Gasteiger partial charge >= 0.3 is 0 Å². The number of nitrogens with zero attached hydrogens (tertiary/aromatic N) is 2. The zero-order valence-electron chi connectivity index (χ0n) is 12.5. The van der Waals surface area contributed by atoms with Crippen molar-refractivity contribution in [1.29, 1.82) is 0 Å². The lowest BCUT2D eigenvalue weighted by Gasteiger charge is -2.21. The molecular formula is C15H22N2O4. The summed E-state index contributed by atoms with van der Waals surface area (Å²) in [7, 11) is 1.73. The Morgan fingerprint density at radius 3 is 2.71 bits per heavy atom. The Morgan fingerprint density at radius 2 is 2.10 bits per heavy atom. The van der Waals surface area contributed by atoms with E-state index in [9.17, 15) is 14.9 Å². The van der Waals surface area contributed by atoms with Crippen LogP contribution in [0.25, 0.3) is 0 Å². The Hall–Kier alpha value is -1.95. The van der Waals surface area contributed by atoms with Gasteiger partial charge in [0.15, 0.2) is 0 Å². The summed E-state index contributed by atoms with van der Waals surface area (Å²) in [5.74, 6) is -0.466. The van der Waals surface area contributed by atoms with E-state index in [0.717, 1.165) is 19.3 Å². The van der Waals surface area contributed by atoms with Gasteiger partial charge in [-0.25, -0.2) is 0 Å². The number of benzene rings is 1. The van der Waals surface area contributed by atoms with Gasteiger partial charge in [-0.15, -0.1) is 0 Å². The molecule has 0 aliphatic heterocycles. The van der Waals surface area contributed by atoms with Crippen molar-refractivity contribution < 1.29 is 14.8 Å². The summed E-state index contributed by atoms with van der Waals surface area (Å²) in [5, 5.41) is 19.5.